The van der Waals surface area contributed by atoms with E-state index >= 15 is 0 Å². The first-order valence-electron chi connectivity index (χ1n) is 15.8. The average Bonchev–Trinajstić information content (AvgIpc) is 3.57. The molecule has 1 aromatic carbocycles. The van der Waals surface area contributed by atoms with Crippen LogP contribution in [-0.2, 0) is 14.3 Å². The molecule has 0 bridgehead atoms. The van der Waals surface area contributed by atoms with Crippen molar-refractivity contribution in [1.29, 1.82) is 0 Å². The molecule has 4 aliphatic rings. The Bertz CT molecular complexity index is 1500. The molecule has 5 heterocycles. The molecule has 1 N–H and O–H groups in total. The Morgan fingerprint density at radius 3 is 2.40 bits per heavy atom. The highest BCUT2D eigenvalue weighted by Crippen LogP contribution is 2.45. The van der Waals surface area contributed by atoms with E-state index in [1.807, 2.05) is 21.9 Å². The van der Waals surface area contributed by atoms with E-state index in [0.717, 1.165) is 56.0 Å². The van der Waals surface area contributed by atoms with Crippen LogP contribution in [0.5, 0.6) is 0 Å². The number of carbonyl (C=O) groups excluding carboxylic acids is 2. The zero-order chi connectivity index (χ0) is 29.3. The molecule has 4 fully saturated rings. The second-order valence-corrected chi connectivity index (χ2v) is 13.5. The molecule has 2 aromatic heterocycles. The zero-order valence-electron chi connectivity index (χ0n) is 24.5. The van der Waals surface area contributed by atoms with Crippen molar-refractivity contribution in [2.75, 3.05) is 49.2 Å². The van der Waals surface area contributed by atoms with Crippen molar-refractivity contribution >= 4 is 46.1 Å². The van der Waals surface area contributed by atoms with Gasteiger partial charge < -0.3 is 14.5 Å². The van der Waals surface area contributed by atoms with Crippen LogP contribution in [0.1, 0.15) is 57.4 Å². The highest BCUT2D eigenvalue weighted by Gasteiger charge is 2.46. The number of aromatic nitrogens is 3. The summed E-state index contributed by atoms with van der Waals surface area (Å²) < 4.78 is 7.29. The first-order chi connectivity index (χ1) is 21.1. The van der Waals surface area contributed by atoms with Gasteiger partial charge in [0.05, 0.1) is 29.4 Å². The van der Waals surface area contributed by atoms with Gasteiger partial charge in [-0.2, -0.15) is 0 Å². The van der Waals surface area contributed by atoms with Gasteiger partial charge in [0.2, 0.25) is 11.8 Å². The lowest BCUT2D eigenvalue weighted by atomic mass is 9.88. The van der Waals surface area contributed by atoms with Crippen molar-refractivity contribution < 1.29 is 14.3 Å². The number of piperidine rings is 1. The van der Waals surface area contributed by atoms with E-state index < -0.39 is 0 Å². The van der Waals surface area contributed by atoms with Crippen molar-refractivity contribution in [3.8, 4) is 0 Å². The van der Waals surface area contributed by atoms with E-state index in [9.17, 15) is 14.4 Å². The number of morpholine rings is 1. The van der Waals surface area contributed by atoms with Gasteiger partial charge in [-0.25, -0.2) is 9.78 Å². The lowest BCUT2D eigenvalue weighted by Crippen LogP contribution is -2.42. The fourth-order valence-corrected chi connectivity index (χ4v) is 8.99. The average molecular weight is 605 g/mol. The third-order valence-corrected chi connectivity index (χ3v) is 11.2. The molecule has 10 nitrogen and oxygen atoms in total. The van der Waals surface area contributed by atoms with E-state index in [1.54, 1.807) is 22.5 Å². The van der Waals surface area contributed by atoms with Crippen molar-refractivity contribution in [3.63, 3.8) is 0 Å². The van der Waals surface area contributed by atoms with E-state index in [0.29, 0.717) is 37.5 Å². The number of rotatable bonds is 6. The van der Waals surface area contributed by atoms with Gasteiger partial charge >= 0.3 is 5.69 Å². The molecule has 7 rings (SSSR count). The maximum absolute atomic E-state index is 14.0. The van der Waals surface area contributed by atoms with Crippen LogP contribution in [0.4, 0.5) is 11.4 Å². The maximum atomic E-state index is 14.0. The number of amides is 2. The van der Waals surface area contributed by atoms with E-state index in [4.69, 9.17) is 4.74 Å². The van der Waals surface area contributed by atoms with Gasteiger partial charge in [-0.15, -0.1) is 11.8 Å². The maximum Gasteiger partial charge on any atom is 0.327 e. The van der Waals surface area contributed by atoms with Gasteiger partial charge in [-0.1, -0.05) is 19.3 Å². The molecule has 43 heavy (non-hydrogen) atoms. The second-order valence-electron chi connectivity index (χ2n) is 12.2. The summed E-state index contributed by atoms with van der Waals surface area (Å²) in [5.74, 6) is 0.534. The minimum Gasteiger partial charge on any atom is -0.378 e. The third-order valence-electron chi connectivity index (χ3n) is 9.66. The largest absolute Gasteiger partial charge is 0.378 e. The fraction of sp³-hybridized carbons (Fsp3) is 0.562. The SMILES string of the molecule is O=C(CC1SC(C2CCCCC2)N(c2ccc(N3CCOCC3)cc2)C1=O)N1CCC(n2c(=O)[nH]c3ncccc32)CC1. The standard InChI is InChI=1S/C32H40N6O4S/c39-28(36-15-12-25(13-16-36)37-26-7-4-14-33-29(26)34-32(37)41)21-27-30(40)38(31(43-27)22-5-2-1-3-6-22)24-10-8-23(9-11-24)35-17-19-42-20-18-35/h4,7-11,14,22,25,27,31H,1-3,5-6,12-13,15-21H2,(H,33,34,41). The Morgan fingerprint density at radius 1 is 0.930 bits per heavy atom. The molecule has 0 spiro atoms. The molecule has 3 aromatic rings. The summed E-state index contributed by atoms with van der Waals surface area (Å²) >= 11 is 1.70. The Morgan fingerprint density at radius 2 is 1.65 bits per heavy atom. The van der Waals surface area contributed by atoms with Crippen LogP contribution in [0, 0.1) is 5.92 Å². The summed E-state index contributed by atoms with van der Waals surface area (Å²) in [6.07, 6.45) is 9.21. The number of benzene rings is 1. The summed E-state index contributed by atoms with van der Waals surface area (Å²) in [5.41, 5.74) is 3.33. The predicted molar refractivity (Wildman–Crippen MR) is 169 cm³/mol. The highest BCUT2D eigenvalue weighted by molar-refractivity contribution is 8.02. The summed E-state index contributed by atoms with van der Waals surface area (Å²) in [4.78, 5) is 53.5. The number of ether oxygens (including phenoxy) is 1. The van der Waals surface area contributed by atoms with Crippen LogP contribution in [0.3, 0.4) is 0 Å². The van der Waals surface area contributed by atoms with Crippen molar-refractivity contribution in [2.45, 2.75) is 68.0 Å². The number of imidazole rings is 1. The van der Waals surface area contributed by atoms with Gasteiger partial charge in [0, 0.05) is 56.2 Å². The molecule has 2 unspecified atom stereocenters. The van der Waals surface area contributed by atoms with Crippen molar-refractivity contribution in [2.24, 2.45) is 5.92 Å². The summed E-state index contributed by atoms with van der Waals surface area (Å²) in [5, 5.41) is -0.314. The number of aromatic amines is 1. The van der Waals surface area contributed by atoms with Crippen LogP contribution >= 0.6 is 11.8 Å². The number of carbonyl (C=O) groups is 2. The Balaban J connectivity index is 1.03. The monoisotopic (exact) mass is 604 g/mol. The summed E-state index contributed by atoms with van der Waals surface area (Å²) in [7, 11) is 0. The molecule has 228 valence electrons. The lowest BCUT2D eigenvalue weighted by molar-refractivity contribution is -0.133. The number of fused-ring (bicyclic) bond motifs is 1. The molecule has 0 radical (unpaired) electrons. The number of thioether (sulfide) groups is 1. The molecule has 3 aliphatic heterocycles. The Hall–Kier alpha value is -3.31. The van der Waals surface area contributed by atoms with E-state index in [2.05, 4.69) is 39.1 Å². The van der Waals surface area contributed by atoms with Crippen LogP contribution in [0.15, 0.2) is 47.4 Å². The van der Waals surface area contributed by atoms with Gasteiger partial charge in [0.25, 0.3) is 0 Å². The number of likely N-dealkylation sites (tertiary alicyclic amines) is 1. The van der Waals surface area contributed by atoms with Crippen LogP contribution in [-0.4, -0.2) is 81.3 Å². The molecular weight excluding hydrogens is 564 g/mol. The Labute approximate surface area is 255 Å². The quantitative estimate of drug-likeness (QED) is 0.451. The minimum absolute atomic E-state index is 0.0172. The number of hydrogen-bond acceptors (Lipinski definition) is 7. The predicted octanol–water partition coefficient (Wildman–Crippen LogP) is 4.17. The molecule has 1 saturated carbocycles. The third kappa shape index (κ3) is 5.69. The van der Waals surface area contributed by atoms with Gasteiger partial charge in [-0.3, -0.25) is 24.0 Å². The molecule has 3 saturated heterocycles. The molecule has 1 aliphatic carbocycles. The van der Waals surface area contributed by atoms with Crippen molar-refractivity contribution in [1.82, 2.24) is 19.4 Å². The fourth-order valence-electron chi connectivity index (χ4n) is 7.35. The highest BCUT2D eigenvalue weighted by atomic mass is 32.2. The first-order valence-corrected chi connectivity index (χ1v) is 16.8. The number of anilines is 2. The van der Waals surface area contributed by atoms with Crippen LogP contribution < -0.4 is 15.5 Å². The smallest absolute Gasteiger partial charge is 0.327 e. The van der Waals surface area contributed by atoms with Gasteiger partial charge in [0.1, 0.15) is 0 Å². The minimum atomic E-state index is -0.376. The second kappa shape index (κ2) is 12.4. The lowest BCUT2D eigenvalue weighted by Gasteiger charge is -2.33. The first kappa shape index (κ1) is 28.5. The summed E-state index contributed by atoms with van der Waals surface area (Å²) in [6.45, 7) is 4.37. The normalized spacial score (nSPS) is 24.3. The zero-order valence-corrected chi connectivity index (χ0v) is 25.3. The number of nitrogens with zero attached hydrogens (tertiary/aromatic N) is 5. The topological polar surface area (TPSA) is 104 Å². The van der Waals surface area contributed by atoms with Gasteiger partial charge in [0.15, 0.2) is 5.65 Å². The van der Waals surface area contributed by atoms with Crippen LogP contribution in [0.25, 0.3) is 11.2 Å². The molecule has 11 heteroatoms. The Kier molecular flexibility index (Phi) is 8.18. The van der Waals surface area contributed by atoms with Crippen LogP contribution in [0.2, 0.25) is 0 Å². The number of nitrogens with one attached hydrogen (secondary N) is 1. The van der Waals surface area contributed by atoms with E-state index in [1.165, 1.54) is 19.3 Å². The molecular formula is C32H40N6O4S. The summed E-state index contributed by atoms with van der Waals surface area (Å²) in [6, 6.07) is 12.2. The number of pyridine rings is 1. The molecule has 2 amide bonds. The number of hydrogen-bond donors (Lipinski definition) is 1. The van der Waals surface area contributed by atoms with E-state index in [-0.39, 0.29) is 40.6 Å². The van der Waals surface area contributed by atoms with Gasteiger partial charge in [-0.05, 0) is 68.0 Å². The molecule has 2 atom stereocenters. The van der Waals surface area contributed by atoms with Crippen molar-refractivity contribution in [3.05, 3.63) is 53.1 Å². The number of H-pyrrole nitrogens is 1.